The summed E-state index contributed by atoms with van der Waals surface area (Å²) >= 11 is 6.19. The third kappa shape index (κ3) is 4.96. The highest BCUT2D eigenvalue weighted by Crippen LogP contribution is 2.27. The van der Waals surface area contributed by atoms with Gasteiger partial charge in [0.2, 0.25) is 5.91 Å². The number of hydrazine groups is 1. The lowest BCUT2D eigenvalue weighted by molar-refractivity contribution is -0.148. The van der Waals surface area contributed by atoms with Gasteiger partial charge in [-0.2, -0.15) is 0 Å². The van der Waals surface area contributed by atoms with Crippen LogP contribution in [-0.2, 0) is 19.1 Å². The maximum Gasteiger partial charge on any atom is 0.338 e. The SMILES string of the molecule is COC(=O)c1cc2nc(Cl)c(NNC(=O)[C@H]3CC[C@H](OC(C)=O)CC3)nc2cc1C. The summed E-state index contributed by atoms with van der Waals surface area (Å²) in [6, 6.07) is 3.27. The Hall–Kier alpha value is -2.94. The summed E-state index contributed by atoms with van der Waals surface area (Å²) in [7, 11) is 1.31. The fourth-order valence-corrected chi connectivity index (χ4v) is 3.68. The average Bonchev–Trinajstić information content (AvgIpc) is 2.71. The highest BCUT2D eigenvalue weighted by Gasteiger charge is 2.28. The van der Waals surface area contributed by atoms with Gasteiger partial charge in [0.1, 0.15) is 6.10 Å². The molecule has 1 fully saturated rings. The normalized spacial score (nSPS) is 18.5. The average molecular weight is 435 g/mol. The lowest BCUT2D eigenvalue weighted by Crippen LogP contribution is -2.38. The van der Waals surface area contributed by atoms with Gasteiger partial charge in [-0.25, -0.2) is 14.8 Å². The maximum absolute atomic E-state index is 12.5. The summed E-state index contributed by atoms with van der Waals surface area (Å²) in [4.78, 5) is 44.0. The second-order valence-electron chi connectivity index (χ2n) is 7.21. The molecule has 3 rings (SSSR count). The molecular formula is C20H23ClN4O5. The van der Waals surface area contributed by atoms with Gasteiger partial charge in [0.25, 0.3) is 0 Å². The predicted octanol–water partition coefficient (Wildman–Crippen LogP) is 2.94. The summed E-state index contributed by atoms with van der Waals surface area (Å²) in [6.07, 6.45) is 2.42. The van der Waals surface area contributed by atoms with E-state index in [0.29, 0.717) is 47.8 Å². The van der Waals surface area contributed by atoms with Gasteiger partial charge in [-0.15, -0.1) is 0 Å². The molecule has 0 unspecified atom stereocenters. The van der Waals surface area contributed by atoms with Crippen molar-refractivity contribution in [3.05, 3.63) is 28.4 Å². The molecule has 30 heavy (non-hydrogen) atoms. The standard InChI is InChI=1S/C20H23ClN4O5/c1-10-8-15-16(9-14(10)20(28)29-3)22-17(21)18(23-15)24-25-19(27)12-4-6-13(7-5-12)30-11(2)26/h8-9,12-13H,4-7H2,1-3H3,(H,23,24)(H,25,27)/t12-,13-. The smallest absolute Gasteiger partial charge is 0.338 e. The summed E-state index contributed by atoms with van der Waals surface area (Å²) in [5.41, 5.74) is 7.38. The first-order chi connectivity index (χ1) is 14.3. The van der Waals surface area contributed by atoms with Gasteiger partial charge >= 0.3 is 11.9 Å². The first-order valence-corrected chi connectivity index (χ1v) is 9.95. The molecule has 1 aliphatic rings. The topological polar surface area (TPSA) is 120 Å². The Kier molecular flexibility index (Phi) is 6.71. The number of nitrogens with zero attached hydrogens (tertiary/aromatic N) is 2. The van der Waals surface area contributed by atoms with E-state index < -0.39 is 5.97 Å². The summed E-state index contributed by atoms with van der Waals surface area (Å²) in [6.45, 7) is 3.15. The fraction of sp³-hybridized carbons (Fsp3) is 0.450. The Balaban J connectivity index is 1.66. The number of benzene rings is 1. The molecule has 0 spiro atoms. The molecule has 1 heterocycles. The summed E-state index contributed by atoms with van der Waals surface area (Å²) in [5.74, 6) is -0.947. The number of methoxy groups -OCH3 is 1. The molecule has 2 N–H and O–H groups in total. The first-order valence-electron chi connectivity index (χ1n) is 9.57. The van der Waals surface area contributed by atoms with E-state index in [4.69, 9.17) is 21.1 Å². The zero-order valence-corrected chi connectivity index (χ0v) is 17.7. The first kappa shape index (κ1) is 21.8. The number of amides is 1. The molecule has 0 aliphatic heterocycles. The van der Waals surface area contributed by atoms with Crippen molar-refractivity contribution in [1.82, 2.24) is 15.4 Å². The fourth-order valence-electron chi connectivity index (χ4n) is 3.50. The van der Waals surface area contributed by atoms with Crippen molar-refractivity contribution in [2.24, 2.45) is 5.92 Å². The van der Waals surface area contributed by atoms with Gasteiger partial charge in [-0.3, -0.25) is 20.4 Å². The van der Waals surface area contributed by atoms with Crippen LogP contribution in [-0.4, -0.2) is 41.0 Å². The van der Waals surface area contributed by atoms with Crippen LogP contribution in [0.4, 0.5) is 5.82 Å². The molecule has 0 saturated heterocycles. The Labute approximate surface area is 178 Å². The number of rotatable bonds is 5. The van der Waals surface area contributed by atoms with Gasteiger partial charge < -0.3 is 9.47 Å². The number of aryl methyl sites for hydroxylation is 1. The molecular weight excluding hydrogens is 412 g/mol. The molecule has 2 aromatic rings. The highest BCUT2D eigenvalue weighted by molar-refractivity contribution is 6.32. The van der Waals surface area contributed by atoms with E-state index in [2.05, 4.69) is 20.8 Å². The molecule has 0 bridgehead atoms. The van der Waals surface area contributed by atoms with Crippen molar-refractivity contribution in [2.75, 3.05) is 12.5 Å². The van der Waals surface area contributed by atoms with Crippen molar-refractivity contribution in [3.8, 4) is 0 Å². The number of anilines is 1. The van der Waals surface area contributed by atoms with E-state index in [1.807, 2.05) is 0 Å². The van der Waals surface area contributed by atoms with E-state index >= 15 is 0 Å². The Morgan fingerprint density at radius 1 is 1.10 bits per heavy atom. The Bertz CT molecular complexity index is 989. The quantitative estimate of drug-likeness (QED) is 0.544. The van der Waals surface area contributed by atoms with Crippen LogP contribution in [0.1, 0.15) is 48.5 Å². The number of esters is 2. The molecule has 1 aromatic carbocycles. The van der Waals surface area contributed by atoms with Crippen molar-refractivity contribution in [3.63, 3.8) is 0 Å². The van der Waals surface area contributed by atoms with Crippen LogP contribution >= 0.6 is 11.6 Å². The number of halogens is 1. The van der Waals surface area contributed by atoms with Crippen LogP contribution in [0.15, 0.2) is 12.1 Å². The largest absolute Gasteiger partial charge is 0.465 e. The lowest BCUT2D eigenvalue weighted by atomic mass is 9.87. The van der Waals surface area contributed by atoms with Gasteiger partial charge in [0, 0.05) is 12.8 Å². The number of hydrogen-bond acceptors (Lipinski definition) is 8. The van der Waals surface area contributed by atoms with Crippen molar-refractivity contribution < 1.29 is 23.9 Å². The minimum atomic E-state index is -0.467. The second kappa shape index (κ2) is 9.25. The van der Waals surface area contributed by atoms with E-state index in [-0.39, 0.29) is 34.9 Å². The summed E-state index contributed by atoms with van der Waals surface area (Å²) < 4.78 is 9.96. The van der Waals surface area contributed by atoms with Crippen molar-refractivity contribution in [2.45, 2.75) is 45.6 Å². The minimum Gasteiger partial charge on any atom is -0.465 e. The molecule has 9 nitrogen and oxygen atoms in total. The summed E-state index contributed by atoms with van der Waals surface area (Å²) in [5, 5.41) is 0.0565. The number of hydrogen-bond donors (Lipinski definition) is 2. The van der Waals surface area contributed by atoms with Crippen molar-refractivity contribution >= 4 is 46.3 Å². The second-order valence-corrected chi connectivity index (χ2v) is 7.57. The van der Waals surface area contributed by atoms with E-state index in [0.717, 1.165) is 0 Å². The van der Waals surface area contributed by atoms with Gasteiger partial charge in [0.15, 0.2) is 11.0 Å². The zero-order valence-electron chi connectivity index (χ0n) is 17.0. The Morgan fingerprint density at radius 2 is 1.77 bits per heavy atom. The number of fused-ring (bicyclic) bond motifs is 1. The number of nitrogens with one attached hydrogen (secondary N) is 2. The molecule has 1 saturated carbocycles. The third-order valence-corrected chi connectivity index (χ3v) is 5.32. The number of aromatic nitrogens is 2. The van der Waals surface area contributed by atoms with Crippen molar-refractivity contribution in [1.29, 1.82) is 0 Å². The molecule has 1 aromatic heterocycles. The predicted molar refractivity (Wildman–Crippen MR) is 110 cm³/mol. The molecule has 0 atom stereocenters. The molecule has 160 valence electrons. The van der Waals surface area contributed by atoms with Crippen LogP contribution in [0.3, 0.4) is 0 Å². The third-order valence-electron chi connectivity index (χ3n) is 5.05. The van der Waals surface area contributed by atoms with E-state index in [1.54, 1.807) is 19.1 Å². The lowest BCUT2D eigenvalue weighted by Gasteiger charge is -2.27. The molecule has 1 amide bonds. The maximum atomic E-state index is 12.5. The van der Waals surface area contributed by atoms with Crippen LogP contribution in [0.25, 0.3) is 11.0 Å². The molecule has 1 aliphatic carbocycles. The van der Waals surface area contributed by atoms with Crippen LogP contribution in [0.5, 0.6) is 0 Å². The number of carbonyl (C=O) groups is 3. The van der Waals surface area contributed by atoms with Gasteiger partial charge in [-0.05, 0) is 50.3 Å². The van der Waals surface area contributed by atoms with Crippen LogP contribution in [0, 0.1) is 12.8 Å². The number of ether oxygens (including phenoxy) is 2. The van der Waals surface area contributed by atoms with E-state index in [9.17, 15) is 14.4 Å². The monoisotopic (exact) mass is 434 g/mol. The van der Waals surface area contributed by atoms with Gasteiger partial charge in [0.05, 0.1) is 23.7 Å². The van der Waals surface area contributed by atoms with E-state index in [1.165, 1.54) is 14.0 Å². The highest BCUT2D eigenvalue weighted by atomic mass is 35.5. The Morgan fingerprint density at radius 3 is 2.40 bits per heavy atom. The molecule has 0 radical (unpaired) electrons. The van der Waals surface area contributed by atoms with Crippen LogP contribution < -0.4 is 10.9 Å². The zero-order chi connectivity index (χ0) is 21.8. The minimum absolute atomic E-state index is 0.0565. The number of carbonyl (C=O) groups excluding carboxylic acids is 3. The molecule has 10 heteroatoms. The van der Waals surface area contributed by atoms with Gasteiger partial charge in [-0.1, -0.05) is 11.6 Å². The van der Waals surface area contributed by atoms with Crippen LogP contribution in [0.2, 0.25) is 5.15 Å².